The van der Waals surface area contributed by atoms with Crippen LogP contribution < -0.4 is 0 Å². The van der Waals surface area contributed by atoms with Gasteiger partial charge in [0.25, 0.3) is 0 Å². The van der Waals surface area contributed by atoms with Gasteiger partial charge in [0.15, 0.2) is 0 Å². The van der Waals surface area contributed by atoms with Crippen molar-refractivity contribution in [3.05, 3.63) is 0 Å². The summed E-state index contributed by atoms with van der Waals surface area (Å²) in [5.41, 5.74) is 0. The summed E-state index contributed by atoms with van der Waals surface area (Å²) < 4.78 is 7.69. The van der Waals surface area contributed by atoms with Gasteiger partial charge < -0.3 is 0 Å². The van der Waals surface area contributed by atoms with Crippen molar-refractivity contribution in [2.24, 2.45) is 5.92 Å². The van der Waals surface area contributed by atoms with Crippen LogP contribution in [0.15, 0.2) is 0 Å². The molecular weight excluding hydrogens is 344 g/mol. The van der Waals surface area contributed by atoms with E-state index in [1.54, 1.807) is 0 Å². The van der Waals surface area contributed by atoms with Gasteiger partial charge in [-0.2, -0.15) is 0 Å². The fourth-order valence-electron chi connectivity index (χ4n) is 0.366. The zero-order chi connectivity index (χ0) is 8.15. The molecule has 0 fully saturated rings. The van der Waals surface area contributed by atoms with E-state index in [4.69, 9.17) is 14.3 Å². The predicted octanol–water partition coefficient (Wildman–Crippen LogP) is 1.58. The number of hydrogen-bond acceptors (Lipinski definition) is 2. The van der Waals surface area contributed by atoms with E-state index in [1.165, 1.54) is 0 Å². The standard InChI is InChI=1S/C4H8O2.CH2Cl.CH3.Tl/c1-3(2)4(5)6;1-2;;/h3H,1-2H3,(H,5,6);1H2;1H3;/q;;;+1/p-1. The molecule has 0 aliphatic carbocycles. The molecule has 0 aromatic carbocycles. The van der Waals surface area contributed by atoms with Crippen molar-refractivity contribution in [2.75, 3.05) is 3.44 Å². The third kappa shape index (κ3) is 4.49. The molecule has 0 spiro atoms. The van der Waals surface area contributed by atoms with Gasteiger partial charge in [0.05, 0.1) is 0 Å². The summed E-state index contributed by atoms with van der Waals surface area (Å²) in [5, 5.41) is 0. The van der Waals surface area contributed by atoms with Crippen molar-refractivity contribution in [1.29, 1.82) is 0 Å². The second-order valence-electron chi connectivity index (χ2n) is 2.56. The first-order chi connectivity index (χ1) is 4.57. The van der Waals surface area contributed by atoms with Gasteiger partial charge >= 0.3 is 75.9 Å². The molecule has 0 atom stereocenters. The van der Waals surface area contributed by atoms with E-state index < -0.39 is 23.2 Å². The van der Waals surface area contributed by atoms with E-state index in [-0.39, 0.29) is 11.9 Å². The van der Waals surface area contributed by atoms with Gasteiger partial charge in [-0.3, -0.25) is 0 Å². The van der Waals surface area contributed by atoms with Crippen molar-refractivity contribution in [3.63, 3.8) is 0 Å². The monoisotopic (exact) mass is 356 g/mol. The molecule has 0 N–H and O–H groups in total. The quantitative estimate of drug-likeness (QED) is 0.567. The Morgan fingerprint density at radius 2 is 2.20 bits per heavy atom. The summed E-state index contributed by atoms with van der Waals surface area (Å²) in [6.45, 7) is 3.66. The molecule has 0 heterocycles. The van der Waals surface area contributed by atoms with Gasteiger partial charge in [-0.25, -0.2) is 0 Å². The minimum atomic E-state index is -2.11. The number of halogens is 1. The second kappa shape index (κ2) is 5.35. The first-order valence-corrected chi connectivity index (χ1v) is 13.4. The summed E-state index contributed by atoms with van der Waals surface area (Å²) >= 11 is 3.42. The van der Waals surface area contributed by atoms with Gasteiger partial charge in [0.1, 0.15) is 0 Å². The number of carbonyl (C=O) groups excluding carboxylic acids is 1. The molecule has 10 heavy (non-hydrogen) atoms. The van der Waals surface area contributed by atoms with E-state index >= 15 is 0 Å². The summed E-state index contributed by atoms with van der Waals surface area (Å²) in [6, 6.07) is 0. The Labute approximate surface area is 75.7 Å². The van der Waals surface area contributed by atoms with Gasteiger partial charge in [0.2, 0.25) is 0 Å². The van der Waals surface area contributed by atoms with Crippen molar-refractivity contribution >= 4 is 40.7 Å². The maximum absolute atomic E-state index is 10.9. The van der Waals surface area contributed by atoms with Crippen LogP contribution in [0.3, 0.4) is 0 Å². The molecule has 0 unspecified atom stereocenters. The van der Waals surface area contributed by atoms with Crippen LogP contribution in [-0.2, 0) is 7.48 Å². The van der Waals surface area contributed by atoms with Crippen LogP contribution in [0.4, 0.5) is 0 Å². The number of rotatable bonds is 3. The Morgan fingerprint density at radius 3 is 2.50 bits per heavy atom. The third-order valence-electron chi connectivity index (χ3n) is 1.01. The molecular formula is C6H12ClO2Tl. The third-order valence-corrected chi connectivity index (χ3v) is 8.98. The normalized spacial score (nSPS) is 9.70. The fourth-order valence-corrected chi connectivity index (χ4v) is 3.76. The van der Waals surface area contributed by atoms with Crippen LogP contribution in [0.1, 0.15) is 13.8 Å². The summed E-state index contributed by atoms with van der Waals surface area (Å²) in [7, 11) is 0. The van der Waals surface area contributed by atoms with Gasteiger partial charge in [-0.05, 0) is 0 Å². The Hall–Kier alpha value is 0.682. The molecule has 0 saturated heterocycles. The topological polar surface area (TPSA) is 26.3 Å². The molecule has 0 aliphatic heterocycles. The van der Waals surface area contributed by atoms with Gasteiger partial charge in [-0.15, -0.1) is 0 Å². The molecule has 0 aromatic rings. The SMILES string of the molecule is CC(C)C(=O)[O][Tl]([CH3])[CH2]Cl. The summed E-state index contributed by atoms with van der Waals surface area (Å²) in [5.74, 6) is -0.0968. The Bertz CT molecular complexity index is 116. The molecule has 0 aromatic heterocycles. The number of carbonyl (C=O) groups is 1. The van der Waals surface area contributed by atoms with Gasteiger partial charge in [0, 0.05) is 0 Å². The van der Waals surface area contributed by atoms with E-state index in [0.29, 0.717) is 3.44 Å². The zero-order valence-corrected chi connectivity index (χ0v) is 11.8. The Kier molecular flexibility index (Phi) is 5.71. The van der Waals surface area contributed by atoms with Crippen LogP contribution in [-0.4, -0.2) is 32.6 Å². The van der Waals surface area contributed by atoms with E-state index in [9.17, 15) is 4.79 Å². The summed E-state index contributed by atoms with van der Waals surface area (Å²) in [6.07, 6.45) is 0. The number of hydrogen-bond donors (Lipinski definition) is 0. The Morgan fingerprint density at radius 1 is 1.70 bits per heavy atom. The van der Waals surface area contributed by atoms with Crippen LogP contribution >= 0.6 is 11.6 Å². The molecule has 2 nitrogen and oxygen atoms in total. The van der Waals surface area contributed by atoms with Crippen LogP contribution in [0.5, 0.6) is 0 Å². The molecule has 58 valence electrons. The van der Waals surface area contributed by atoms with E-state index in [2.05, 4.69) is 0 Å². The molecule has 0 aliphatic rings. The summed E-state index contributed by atoms with van der Waals surface area (Å²) in [4.78, 5) is 10.9. The average molecular weight is 356 g/mol. The van der Waals surface area contributed by atoms with Crippen molar-refractivity contribution in [3.8, 4) is 0 Å². The molecule has 0 rings (SSSR count). The molecule has 0 amide bonds. The number of alkyl halides is 1. The average Bonchev–Trinajstić information content (AvgIpc) is 1.87. The second-order valence-corrected chi connectivity index (χ2v) is 13.7. The van der Waals surface area contributed by atoms with E-state index in [1.807, 2.05) is 18.3 Å². The molecule has 0 radical (unpaired) electrons. The van der Waals surface area contributed by atoms with Crippen LogP contribution in [0, 0.1) is 5.92 Å². The minimum absolute atomic E-state index is 0.00864. The maximum atomic E-state index is 10.9. The zero-order valence-electron chi connectivity index (χ0n) is 6.56. The first kappa shape index (κ1) is 10.7. The van der Waals surface area contributed by atoms with Gasteiger partial charge in [-0.1, -0.05) is 0 Å². The molecule has 0 bridgehead atoms. The van der Waals surface area contributed by atoms with Crippen LogP contribution in [0.25, 0.3) is 0 Å². The van der Waals surface area contributed by atoms with Crippen molar-refractivity contribution in [2.45, 2.75) is 18.3 Å². The molecule has 0 saturated carbocycles. The first-order valence-electron chi connectivity index (χ1n) is 3.34. The predicted molar refractivity (Wildman–Crippen MR) is 43.3 cm³/mol. The molecule has 4 heteroatoms. The fraction of sp³-hybridized carbons (Fsp3) is 0.833. The van der Waals surface area contributed by atoms with Crippen LogP contribution in [0.2, 0.25) is 4.48 Å². The van der Waals surface area contributed by atoms with Crippen molar-refractivity contribution < 1.29 is 7.48 Å². The Balaban J connectivity index is 3.57. The van der Waals surface area contributed by atoms with Crippen molar-refractivity contribution in [1.82, 2.24) is 0 Å². The van der Waals surface area contributed by atoms with E-state index in [0.717, 1.165) is 0 Å².